The van der Waals surface area contributed by atoms with Crippen molar-refractivity contribution in [3.05, 3.63) is 47.2 Å². The van der Waals surface area contributed by atoms with E-state index in [0.29, 0.717) is 23.4 Å². The molecule has 0 radical (unpaired) electrons. The van der Waals surface area contributed by atoms with E-state index in [1.54, 1.807) is 12.1 Å². The average molecular weight is 324 g/mol. The Bertz CT molecular complexity index is 750. The number of carbonyl (C=O) groups excluding carboxylic acids is 1. The first kappa shape index (κ1) is 16.2. The molecule has 0 saturated carbocycles. The Hall–Kier alpha value is -2.22. The molecule has 2 rings (SSSR count). The lowest BCUT2D eigenvalue weighted by atomic mass is 10.1. The van der Waals surface area contributed by atoms with Crippen LogP contribution in [0.25, 0.3) is 0 Å². The minimum absolute atomic E-state index is 0.0654. The number of aromatic nitrogens is 2. The van der Waals surface area contributed by atoms with Crippen LogP contribution in [0.3, 0.4) is 0 Å². The van der Waals surface area contributed by atoms with Gasteiger partial charge < -0.3 is 9.15 Å². The van der Waals surface area contributed by atoms with E-state index in [2.05, 4.69) is 10.2 Å². The molecule has 0 atom stereocenters. The van der Waals surface area contributed by atoms with Gasteiger partial charge in [0.05, 0.1) is 11.3 Å². The molecule has 0 saturated heterocycles. The summed E-state index contributed by atoms with van der Waals surface area (Å²) in [5.41, 5.74) is 0.941. The number of rotatable bonds is 6. The van der Waals surface area contributed by atoms with E-state index >= 15 is 0 Å². The van der Waals surface area contributed by atoms with Crippen LogP contribution in [0.1, 0.15) is 34.6 Å². The second-order valence-electron chi connectivity index (χ2n) is 4.79. The molecule has 0 spiro atoms. The van der Waals surface area contributed by atoms with Crippen LogP contribution in [0, 0.1) is 0 Å². The maximum Gasteiger partial charge on any atom is 0.338 e. The van der Waals surface area contributed by atoms with Crippen LogP contribution in [0.5, 0.6) is 0 Å². The van der Waals surface area contributed by atoms with E-state index in [1.165, 1.54) is 12.1 Å². The summed E-state index contributed by atoms with van der Waals surface area (Å²) in [7, 11) is -3.10. The van der Waals surface area contributed by atoms with Crippen LogP contribution >= 0.6 is 0 Å². The van der Waals surface area contributed by atoms with Crippen LogP contribution in [0.4, 0.5) is 0 Å². The largest absolute Gasteiger partial charge is 0.452 e. The normalized spacial score (nSPS) is 11.4. The fourth-order valence-corrected chi connectivity index (χ4v) is 2.54. The Kier molecular flexibility index (Phi) is 4.92. The minimum Gasteiger partial charge on any atom is -0.452 e. The molecular weight excluding hydrogens is 308 g/mol. The highest BCUT2D eigenvalue weighted by Gasteiger charge is 2.11. The summed E-state index contributed by atoms with van der Waals surface area (Å²) in [5, 5.41) is 7.51. The maximum atomic E-state index is 11.9. The van der Waals surface area contributed by atoms with Gasteiger partial charge in [-0.05, 0) is 17.7 Å². The molecule has 0 unspecified atom stereocenters. The molecule has 0 fully saturated rings. The third kappa shape index (κ3) is 4.66. The van der Waals surface area contributed by atoms with Crippen LogP contribution < -0.4 is 0 Å². The van der Waals surface area contributed by atoms with Gasteiger partial charge in [-0.15, -0.1) is 10.2 Å². The van der Waals surface area contributed by atoms with Gasteiger partial charge in [-0.25, -0.2) is 13.2 Å². The Balaban J connectivity index is 1.95. The molecule has 118 valence electrons. The molecule has 2 aromatic rings. The predicted octanol–water partition coefficient (Wildman–Crippen LogP) is 1.53. The van der Waals surface area contributed by atoms with E-state index < -0.39 is 15.8 Å². The Morgan fingerprint density at radius 3 is 2.36 bits per heavy atom. The van der Waals surface area contributed by atoms with E-state index in [1.807, 2.05) is 6.92 Å². The second kappa shape index (κ2) is 6.69. The third-order valence-electron chi connectivity index (χ3n) is 2.76. The summed E-state index contributed by atoms with van der Waals surface area (Å²) >= 11 is 0. The van der Waals surface area contributed by atoms with Crippen molar-refractivity contribution in [1.82, 2.24) is 10.2 Å². The van der Waals surface area contributed by atoms with Crippen LogP contribution in [0.2, 0.25) is 0 Å². The standard InChI is InChI=1S/C14H16N2O5S/c1-3-12-15-16-13(21-12)8-20-14(17)11-6-4-10(5-7-11)9-22(2,18)19/h4-7H,3,8-9H2,1-2H3. The van der Waals surface area contributed by atoms with Crippen molar-refractivity contribution in [2.45, 2.75) is 25.7 Å². The van der Waals surface area contributed by atoms with Crippen molar-refractivity contribution >= 4 is 15.8 Å². The summed E-state index contributed by atoms with van der Waals surface area (Å²) in [6, 6.07) is 6.21. The first-order valence-electron chi connectivity index (χ1n) is 6.62. The van der Waals surface area contributed by atoms with Crippen molar-refractivity contribution < 1.29 is 22.4 Å². The number of esters is 1. The number of hydrogen-bond donors (Lipinski definition) is 0. The van der Waals surface area contributed by atoms with Gasteiger partial charge in [-0.2, -0.15) is 0 Å². The van der Waals surface area contributed by atoms with E-state index in [0.717, 1.165) is 6.26 Å². The molecule has 0 aliphatic heterocycles. The summed E-state index contributed by atoms with van der Waals surface area (Å²) < 4.78 is 32.7. The smallest absolute Gasteiger partial charge is 0.338 e. The van der Waals surface area contributed by atoms with Gasteiger partial charge in [0.1, 0.15) is 0 Å². The summed E-state index contributed by atoms with van der Waals surface area (Å²) in [5.74, 6) is 0.113. The fraction of sp³-hybridized carbons (Fsp3) is 0.357. The average Bonchev–Trinajstić information content (AvgIpc) is 2.92. The van der Waals surface area contributed by atoms with Gasteiger partial charge in [-0.1, -0.05) is 19.1 Å². The molecule has 1 heterocycles. The lowest BCUT2D eigenvalue weighted by Gasteiger charge is -2.04. The van der Waals surface area contributed by atoms with Crippen LogP contribution in [-0.2, 0) is 33.4 Å². The fourth-order valence-electron chi connectivity index (χ4n) is 1.74. The third-order valence-corrected chi connectivity index (χ3v) is 3.61. The summed E-state index contributed by atoms with van der Waals surface area (Å²) in [4.78, 5) is 11.9. The van der Waals surface area contributed by atoms with Crippen molar-refractivity contribution in [2.75, 3.05) is 6.26 Å². The van der Waals surface area contributed by atoms with Crippen molar-refractivity contribution in [3.63, 3.8) is 0 Å². The van der Waals surface area contributed by atoms with Crippen molar-refractivity contribution in [2.24, 2.45) is 0 Å². The van der Waals surface area contributed by atoms with E-state index in [4.69, 9.17) is 9.15 Å². The van der Waals surface area contributed by atoms with Gasteiger partial charge in [0.15, 0.2) is 16.4 Å². The predicted molar refractivity (Wildman–Crippen MR) is 77.8 cm³/mol. The lowest BCUT2D eigenvalue weighted by molar-refractivity contribution is 0.0436. The zero-order valence-corrected chi connectivity index (χ0v) is 13.1. The summed E-state index contributed by atoms with van der Waals surface area (Å²) in [6.07, 6.45) is 1.77. The molecule has 0 N–H and O–H groups in total. The van der Waals surface area contributed by atoms with Gasteiger partial charge in [0.25, 0.3) is 5.89 Å². The monoisotopic (exact) mass is 324 g/mol. The zero-order valence-electron chi connectivity index (χ0n) is 12.3. The van der Waals surface area contributed by atoms with Crippen LogP contribution in [-0.4, -0.2) is 30.8 Å². The van der Waals surface area contributed by atoms with Gasteiger partial charge in [-0.3, -0.25) is 0 Å². The highest BCUT2D eigenvalue weighted by atomic mass is 32.2. The second-order valence-corrected chi connectivity index (χ2v) is 6.93. The molecule has 0 amide bonds. The molecule has 0 aliphatic rings. The lowest BCUT2D eigenvalue weighted by Crippen LogP contribution is -2.06. The SMILES string of the molecule is CCc1nnc(COC(=O)c2ccc(CS(C)(=O)=O)cc2)o1. The first-order chi connectivity index (χ1) is 10.4. The highest BCUT2D eigenvalue weighted by molar-refractivity contribution is 7.89. The van der Waals surface area contributed by atoms with Crippen LogP contribution in [0.15, 0.2) is 28.7 Å². The number of nitrogens with zero attached hydrogens (tertiary/aromatic N) is 2. The maximum absolute atomic E-state index is 11.9. The Morgan fingerprint density at radius 2 is 1.82 bits per heavy atom. The molecule has 0 aliphatic carbocycles. The van der Waals surface area contributed by atoms with E-state index in [9.17, 15) is 13.2 Å². The number of aryl methyl sites for hydroxylation is 1. The Labute approximate surface area is 128 Å². The molecule has 22 heavy (non-hydrogen) atoms. The van der Waals surface area contributed by atoms with E-state index in [-0.39, 0.29) is 18.3 Å². The number of benzene rings is 1. The van der Waals surface area contributed by atoms with Crippen molar-refractivity contribution in [3.8, 4) is 0 Å². The Morgan fingerprint density at radius 1 is 1.18 bits per heavy atom. The van der Waals surface area contributed by atoms with Crippen molar-refractivity contribution in [1.29, 1.82) is 0 Å². The molecule has 8 heteroatoms. The van der Waals surface area contributed by atoms with Gasteiger partial charge in [0.2, 0.25) is 5.89 Å². The van der Waals surface area contributed by atoms with Gasteiger partial charge in [0, 0.05) is 12.7 Å². The number of sulfone groups is 1. The molecule has 7 nitrogen and oxygen atoms in total. The molecular formula is C14H16N2O5S. The number of hydrogen-bond acceptors (Lipinski definition) is 7. The number of ether oxygens (including phenoxy) is 1. The highest BCUT2D eigenvalue weighted by Crippen LogP contribution is 2.10. The minimum atomic E-state index is -3.10. The first-order valence-corrected chi connectivity index (χ1v) is 8.68. The quantitative estimate of drug-likeness (QED) is 0.743. The summed E-state index contributed by atoms with van der Waals surface area (Å²) in [6.45, 7) is 1.78. The molecule has 0 bridgehead atoms. The number of carbonyl (C=O) groups is 1. The molecule has 1 aromatic heterocycles. The molecule has 1 aromatic carbocycles. The zero-order chi connectivity index (χ0) is 16.2. The topological polar surface area (TPSA) is 99.4 Å². The van der Waals surface area contributed by atoms with Gasteiger partial charge >= 0.3 is 5.97 Å².